The van der Waals surface area contributed by atoms with Crippen molar-refractivity contribution in [3.05, 3.63) is 0 Å². The van der Waals surface area contributed by atoms with Gasteiger partial charge in [0.2, 0.25) is 0 Å². The molecule has 0 saturated carbocycles. The lowest BCUT2D eigenvalue weighted by atomic mass is 10.1. The highest BCUT2D eigenvalue weighted by molar-refractivity contribution is 7.75. The van der Waals surface area contributed by atoms with Crippen molar-refractivity contribution in [1.82, 2.24) is 6.15 Å². The quantitative estimate of drug-likeness (QED) is 0.128. The van der Waals surface area contributed by atoms with Crippen LogP contribution < -0.4 is 6.15 Å². The molecule has 0 unspecified atom stereocenters. The average molecular weight is 453 g/mol. The Kier molecular flexibility index (Phi) is 31.6. The van der Waals surface area contributed by atoms with Gasteiger partial charge in [0.1, 0.15) is 0 Å². The maximum Gasteiger partial charge on any atom is 0.0594 e. The number of unbranched alkanes of at least 4 members (excludes halogenated alkanes) is 14. The van der Waals surface area contributed by atoms with Crippen LogP contribution in [0.4, 0.5) is 0 Å². The molecule has 0 aromatic carbocycles. The van der Waals surface area contributed by atoms with Crippen molar-refractivity contribution >= 4 is 19.7 Å². The lowest BCUT2D eigenvalue weighted by Crippen LogP contribution is -2.13. The Morgan fingerprint density at radius 3 is 0.897 bits per heavy atom. The summed E-state index contributed by atoms with van der Waals surface area (Å²) in [5.41, 5.74) is 0. The summed E-state index contributed by atoms with van der Waals surface area (Å²) in [5.74, 6) is 0. The summed E-state index contributed by atoms with van der Waals surface area (Å²) in [4.78, 5) is 0. The van der Waals surface area contributed by atoms with Crippen LogP contribution in [0, 0.1) is 0 Å². The summed E-state index contributed by atoms with van der Waals surface area (Å²) in [6, 6.07) is 0. The fraction of sp³-hybridized carbons (Fsp3) is 1.00. The van der Waals surface area contributed by atoms with Gasteiger partial charge in [-0.15, -0.1) is 12.4 Å². The van der Waals surface area contributed by atoms with E-state index in [0.717, 1.165) is 0 Å². The summed E-state index contributed by atoms with van der Waals surface area (Å²) in [6.07, 6.45) is 33.0. The maximum atomic E-state index is 2.39. The maximum absolute atomic E-state index is 2.39. The third kappa shape index (κ3) is 21.7. The monoisotopic (exact) mass is 452 g/mol. The molecule has 0 rings (SSSR count). The van der Waals surface area contributed by atoms with E-state index in [4.69, 9.17) is 0 Å². The van der Waals surface area contributed by atoms with Crippen LogP contribution in [0.3, 0.4) is 0 Å². The van der Waals surface area contributed by atoms with Gasteiger partial charge < -0.3 is 6.15 Å². The Morgan fingerprint density at radius 2 is 0.586 bits per heavy atom. The lowest BCUT2D eigenvalue weighted by Gasteiger charge is -2.28. The van der Waals surface area contributed by atoms with Crippen LogP contribution in [-0.2, 0) is 0 Å². The van der Waals surface area contributed by atoms with E-state index in [-0.39, 0.29) is 18.6 Å². The van der Waals surface area contributed by atoms with Crippen LogP contribution in [0.25, 0.3) is 0 Å². The summed E-state index contributed by atoms with van der Waals surface area (Å²) in [7, 11) is -0.626. The first kappa shape index (κ1) is 34.3. The molecule has 0 aliphatic carbocycles. The minimum Gasteiger partial charge on any atom is -0.344 e. The normalized spacial score (nSPS) is 11.2. The van der Waals surface area contributed by atoms with Gasteiger partial charge in [-0.1, -0.05) is 111 Å². The number of hydrogen-bond donors (Lipinski definition) is 1. The van der Waals surface area contributed by atoms with E-state index in [1.54, 1.807) is 31.1 Å². The third-order valence-corrected chi connectivity index (χ3v) is 11.5. The highest BCUT2D eigenvalue weighted by Gasteiger charge is 2.34. The van der Waals surface area contributed by atoms with Crippen molar-refractivity contribution in [2.24, 2.45) is 0 Å². The number of halogens is 1. The number of rotatable bonds is 22. The molecule has 0 bridgehead atoms. The molecule has 0 atom stereocenters. The standard InChI is InChI=1S/C26H56P.ClH.H3N/c1-5-9-13-14-15-16-17-18-19-20-21-22-26-27(23-10-6-2,24-11-7-3)25-12-8-4;;/h5-26H2,1-4H3;1H;1H3/q+1;;. The Labute approximate surface area is 193 Å². The molecule has 180 valence electrons. The van der Waals surface area contributed by atoms with Crippen LogP contribution in [0.2, 0.25) is 0 Å². The molecule has 0 aliphatic heterocycles. The predicted molar refractivity (Wildman–Crippen MR) is 144 cm³/mol. The zero-order valence-corrected chi connectivity index (χ0v) is 22.8. The van der Waals surface area contributed by atoms with Crippen molar-refractivity contribution in [3.63, 3.8) is 0 Å². The molecule has 0 aromatic rings. The molecule has 0 aliphatic rings. The fourth-order valence-corrected chi connectivity index (χ4v) is 9.64. The van der Waals surface area contributed by atoms with E-state index in [2.05, 4.69) is 27.7 Å². The van der Waals surface area contributed by atoms with Gasteiger partial charge in [-0.2, -0.15) is 0 Å². The molecule has 0 fully saturated rings. The molecular formula is C26H60ClNP+. The third-order valence-electron chi connectivity index (χ3n) is 6.44. The molecule has 0 aromatic heterocycles. The second-order valence-corrected chi connectivity index (χ2v) is 13.7. The van der Waals surface area contributed by atoms with E-state index in [1.165, 1.54) is 109 Å². The molecule has 1 nitrogen and oxygen atoms in total. The zero-order valence-electron chi connectivity index (χ0n) is 21.1. The van der Waals surface area contributed by atoms with Crippen molar-refractivity contribution in [2.75, 3.05) is 24.6 Å². The second kappa shape index (κ2) is 26.7. The first-order chi connectivity index (χ1) is 13.2. The fourth-order valence-electron chi connectivity index (χ4n) is 4.44. The first-order valence-electron chi connectivity index (χ1n) is 13.1. The molecule has 29 heavy (non-hydrogen) atoms. The Hall–Kier alpha value is 0.680. The molecule has 0 amide bonds. The van der Waals surface area contributed by atoms with Gasteiger partial charge in [0.25, 0.3) is 0 Å². The van der Waals surface area contributed by atoms with Crippen molar-refractivity contribution in [1.29, 1.82) is 0 Å². The summed E-state index contributed by atoms with van der Waals surface area (Å²) >= 11 is 0. The molecule has 0 radical (unpaired) electrons. The van der Waals surface area contributed by atoms with Gasteiger partial charge in [0, 0.05) is 7.26 Å². The summed E-state index contributed by atoms with van der Waals surface area (Å²) < 4.78 is 0. The summed E-state index contributed by atoms with van der Waals surface area (Å²) in [6.45, 7) is 9.47. The average Bonchev–Trinajstić information content (AvgIpc) is 2.69. The molecular weight excluding hydrogens is 393 g/mol. The van der Waals surface area contributed by atoms with Crippen molar-refractivity contribution < 1.29 is 0 Å². The Morgan fingerprint density at radius 1 is 0.345 bits per heavy atom. The minimum atomic E-state index is -0.626. The Balaban J connectivity index is -0.00000338. The van der Waals surface area contributed by atoms with Crippen molar-refractivity contribution in [3.8, 4) is 0 Å². The topological polar surface area (TPSA) is 35.0 Å². The van der Waals surface area contributed by atoms with Crippen LogP contribution >= 0.6 is 19.7 Å². The van der Waals surface area contributed by atoms with E-state index < -0.39 is 7.26 Å². The van der Waals surface area contributed by atoms with Gasteiger partial charge in [-0.25, -0.2) is 0 Å². The van der Waals surface area contributed by atoms with Gasteiger partial charge in [0.05, 0.1) is 24.6 Å². The molecule has 3 heteroatoms. The van der Waals surface area contributed by atoms with Crippen LogP contribution in [0.15, 0.2) is 0 Å². The van der Waals surface area contributed by atoms with Gasteiger partial charge in [0.15, 0.2) is 0 Å². The highest BCUT2D eigenvalue weighted by atomic mass is 35.5. The van der Waals surface area contributed by atoms with Gasteiger partial charge in [-0.3, -0.25) is 0 Å². The van der Waals surface area contributed by atoms with Crippen molar-refractivity contribution in [2.45, 2.75) is 143 Å². The van der Waals surface area contributed by atoms with E-state index in [1.807, 2.05) is 0 Å². The van der Waals surface area contributed by atoms with E-state index >= 15 is 0 Å². The molecule has 0 spiro atoms. The molecule has 0 heterocycles. The molecule has 3 N–H and O–H groups in total. The van der Waals surface area contributed by atoms with E-state index in [9.17, 15) is 0 Å². The predicted octanol–water partition coefficient (Wildman–Crippen LogP) is 10.7. The second-order valence-electron chi connectivity index (χ2n) is 9.19. The van der Waals surface area contributed by atoms with Crippen LogP contribution in [0.5, 0.6) is 0 Å². The van der Waals surface area contributed by atoms with Crippen LogP contribution in [0.1, 0.15) is 143 Å². The molecule has 0 saturated heterocycles. The smallest absolute Gasteiger partial charge is 0.0594 e. The van der Waals surface area contributed by atoms with E-state index in [0.29, 0.717) is 0 Å². The van der Waals surface area contributed by atoms with Gasteiger partial charge in [-0.05, 0) is 32.1 Å². The lowest BCUT2D eigenvalue weighted by molar-refractivity contribution is 0.548. The first-order valence-corrected chi connectivity index (χ1v) is 15.6. The number of hydrogen-bond acceptors (Lipinski definition) is 1. The zero-order chi connectivity index (χ0) is 20.1. The highest BCUT2D eigenvalue weighted by Crippen LogP contribution is 2.61. The Bertz CT molecular complexity index is 264. The largest absolute Gasteiger partial charge is 0.344 e. The van der Waals surface area contributed by atoms with Crippen LogP contribution in [-0.4, -0.2) is 24.6 Å². The minimum absolute atomic E-state index is 0. The SMILES string of the molecule is CCCCCCCCCCCCCC[P+](CCCC)(CCCC)CCCC.Cl.N. The van der Waals surface area contributed by atoms with Gasteiger partial charge >= 0.3 is 0 Å². The summed E-state index contributed by atoms with van der Waals surface area (Å²) in [5, 5.41) is 0.